The summed E-state index contributed by atoms with van der Waals surface area (Å²) in [6.45, 7) is 4.95. The zero-order chi connectivity index (χ0) is 35.3. The van der Waals surface area contributed by atoms with Crippen LogP contribution in [0, 0.1) is 0 Å². The number of fused-ring (bicyclic) bond motifs is 10. The smallest absolute Gasteiger partial charge is 0.114 e. The van der Waals surface area contributed by atoms with Crippen LogP contribution in [0.5, 0.6) is 0 Å². The van der Waals surface area contributed by atoms with Gasteiger partial charge in [0.05, 0.1) is 33.6 Å². The molecule has 0 fully saturated rings. The Morgan fingerprint density at radius 1 is 0.377 bits per heavy atom. The molecule has 0 atom stereocenters. The zero-order valence-electron chi connectivity index (χ0n) is 29.4. The second kappa shape index (κ2) is 11.3. The molecule has 0 unspecified atom stereocenters. The third kappa shape index (κ3) is 4.56. The van der Waals surface area contributed by atoms with Crippen LogP contribution in [0.2, 0.25) is 13.1 Å². The predicted molar refractivity (Wildman–Crippen MR) is 226 cm³/mol. The summed E-state index contributed by atoms with van der Waals surface area (Å²) in [7, 11) is -1.87. The summed E-state index contributed by atoms with van der Waals surface area (Å²) >= 11 is 0. The molecule has 53 heavy (non-hydrogen) atoms. The van der Waals surface area contributed by atoms with E-state index < -0.39 is 8.07 Å². The highest BCUT2D eigenvalue weighted by molar-refractivity contribution is 7.05. The molecule has 3 aromatic heterocycles. The molecule has 0 N–H and O–H groups in total. The Morgan fingerprint density at radius 3 is 1.64 bits per heavy atom. The van der Waals surface area contributed by atoms with Gasteiger partial charge in [-0.15, -0.1) is 0 Å². The maximum atomic E-state index is 5.39. The van der Waals surface area contributed by atoms with Gasteiger partial charge in [0, 0.05) is 32.8 Å². The standard InChI is InChI=1S/C49H33N3Si/c1-53(2)46-15-9-8-14-37(46)38-22-26-45-39(49(38)53)23-27-43(50-45)35-20-21-36(41-29-34-13-7-6-12-33(34)28-40(35)41)44-25-19-32-17-16-31-18-24-42(30-10-4-3-5-11-30)51-47(31)48(32)52-44/h3-29H,1-2H3. The summed E-state index contributed by atoms with van der Waals surface area (Å²) in [6.07, 6.45) is 0. The molecule has 7 aromatic carbocycles. The Kier molecular flexibility index (Phi) is 6.40. The molecule has 248 valence electrons. The molecule has 0 saturated heterocycles. The number of nitrogens with zero attached hydrogens (tertiary/aromatic N) is 3. The molecule has 1 aliphatic rings. The quantitative estimate of drug-likeness (QED) is 0.105. The van der Waals surface area contributed by atoms with Crippen LogP contribution >= 0.6 is 0 Å². The van der Waals surface area contributed by atoms with Crippen molar-refractivity contribution in [3.8, 4) is 44.9 Å². The van der Waals surface area contributed by atoms with Gasteiger partial charge in [-0.1, -0.05) is 140 Å². The second-order valence-electron chi connectivity index (χ2n) is 14.8. The lowest BCUT2D eigenvalue weighted by Crippen LogP contribution is -2.49. The van der Waals surface area contributed by atoms with Gasteiger partial charge in [-0.05, 0) is 79.4 Å². The van der Waals surface area contributed by atoms with Crippen molar-refractivity contribution < 1.29 is 0 Å². The number of rotatable bonds is 3. The Morgan fingerprint density at radius 2 is 0.925 bits per heavy atom. The highest BCUT2D eigenvalue weighted by Gasteiger charge is 2.38. The van der Waals surface area contributed by atoms with E-state index in [2.05, 4.69) is 171 Å². The lowest BCUT2D eigenvalue weighted by atomic mass is 9.92. The van der Waals surface area contributed by atoms with Gasteiger partial charge in [-0.25, -0.2) is 15.0 Å². The molecule has 0 bridgehead atoms. The first-order chi connectivity index (χ1) is 26.0. The number of pyridine rings is 3. The van der Waals surface area contributed by atoms with Crippen molar-refractivity contribution in [3.63, 3.8) is 0 Å². The first kappa shape index (κ1) is 30.2. The van der Waals surface area contributed by atoms with E-state index in [0.29, 0.717) is 0 Å². The van der Waals surface area contributed by atoms with Crippen LogP contribution in [0.15, 0.2) is 164 Å². The first-order valence-electron chi connectivity index (χ1n) is 18.3. The number of benzene rings is 7. The monoisotopic (exact) mass is 691 g/mol. The van der Waals surface area contributed by atoms with Gasteiger partial charge in [0.1, 0.15) is 8.07 Å². The molecule has 0 radical (unpaired) electrons. The Hall–Kier alpha value is -6.49. The summed E-state index contributed by atoms with van der Waals surface area (Å²) in [4.78, 5) is 15.9. The van der Waals surface area contributed by atoms with Crippen LogP contribution in [0.25, 0.3) is 99.2 Å². The average Bonchev–Trinajstić information content (AvgIpc) is 3.45. The van der Waals surface area contributed by atoms with Gasteiger partial charge in [0.25, 0.3) is 0 Å². The van der Waals surface area contributed by atoms with Crippen LogP contribution in [-0.2, 0) is 0 Å². The Bertz CT molecular complexity index is 3150. The molecule has 0 amide bonds. The average molecular weight is 692 g/mol. The molecule has 0 saturated carbocycles. The number of hydrogen-bond donors (Lipinski definition) is 0. The van der Waals surface area contributed by atoms with Gasteiger partial charge in [-0.3, -0.25) is 0 Å². The predicted octanol–water partition coefficient (Wildman–Crippen LogP) is 11.4. The summed E-state index contributed by atoms with van der Waals surface area (Å²) in [6, 6.07) is 59.0. The minimum atomic E-state index is -1.87. The lowest BCUT2D eigenvalue weighted by Gasteiger charge is -2.20. The fourth-order valence-electron chi connectivity index (χ4n) is 8.82. The highest BCUT2D eigenvalue weighted by atomic mass is 28.3. The minimum Gasteiger partial charge on any atom is -0.248 e. The van der Waals surface area contributed by atoms with Crippen LogP contribution in [-0.4, -0.2) is 23.0 Å². The van der Waals surface area contributed by atoms with E-state index in [0.717, 1.165) is 66.5 Å². The normalized spacial score (nSPS) is 13.2. The van der Waals surface area contributed by atoms with Crippen molar-refractivity contribution in [1.82, 2.24) is 15.0 Å². The highest BCUT2D eigenvalue weighted by Crippen LogP contribution is 2.39. The molecular weight excluding hydrogens is 659 g/mol. The molecule has 3 nitrogen and oxygen atoms in total. The molecule has 1 aliphatic heterocycles. The molecule has 4 heterocycles. The Labute approximate surface area is 308 Å². The summed E-state index contributed by atoms with van der Waals surface area (Å²) in [5.74, 6) is 0. The van der Waals surface area contributed by atoms with E-state index in [4.69, 9.17) is 15.0 Å². The summed E-state index contributed by atoms with van der Waals surface area (Å²) in [5.41, 5.74) is 11.8. The van der Waals surface area contributed by atoms with E-state index >= 15 is 0 Å². The van der Waals surface area contributed by atoms with Crippen molar-refractivity contribution in [3.05, 3.63) is 164 Å². The fraction of sp³-hybridized carbons (Fsp3) is 0.0408. The van der Waals surface area contributed by atoms with Crippen molar-refractivity contribution in [1.29, 1.82) is 0 Å². The maximum Gasteiger partial charge on any atom is 0.114 e. The SMILES string of the molecule is C[Si]1(C)c2ccccc2-c2ccc3nc(-c4ccc(-c5ccc6ccc7ccc(-c8ccccc8)nc7c6n5)c5cc6ccccc6cc45)ccc3c21. The van der Waals surface area contributed by atoms with Gasteiger partial charge in [0.15, 0.2) is 0 Å². The van der Waals surface area contributed by atoms with E-state index in [1.54, 1.807) is 0 Å². The zero-order valence-corrected chi connectivity index (χ0v) is 30.4. The van der Waals surface area contributed by atoms with E-state index in [1.165, 1.54) is 43.0 Å². The number of aromatic nitrogens is 3. The lowest BCUT2D eigenvalue weighted by molar-refractivity contribution is 1.37. The minimum absolute atomic E-state index is 0.910. The van der Waals surface area contributed by atoms with Crippen LogP contribution < -0.4 is 10.4 Å². The van der Waals surface area contributed by atoms with E-state index in [1.807, 2.05) is 6.07 Å². The summed E-state index contributed by atoms with van der Waals surface area (Å²) in [5, 5.41) is 11.2. The molecule has 0 spiro atoms. The molecule has 0 aliphatic carbocycles. The van der Waals surface area contributed by atoms with Crippen molar-refractivity contribution in [2.24, 2.45) is 0 Å². The van der Waals surface area contributed by atoms with Gasteiger partial charge in [-0.2, -0.15) is 0 Å². The maximum absolute atomic E-state index is 5.39. The third-order valence-corrected chi connectivity index (χ3v) is 15.0. The third-order valence-electron chi connectivity index (χ3n) is 11.4. The van der Waals surface area contributed by atoms with Crippen LogP contribution in [0.1, 0.15) is 0 Å². The van der Waals surface area contributed by atoms with Gasteiger partial charge < -0.3 is 0 Å². The first-order valence-corrected chi connectivity index (χ1v) is 21.3. The largest absolute Gasteiger partial charge is 0.248 e. The Balaban J connectivity index is 1.10. The molecule has 4 heteroatoms. The van der Waals surface area contributed by atoms with Crippen LogP contribution in [0.4, 0.5) is 0 Å². The van der Waals surface area contributed by atoms with Crippen molar-refractivity contribution in [2.45, 2.75) is 13.1 Å². The van der Waals surface area contributed by atoms with Gasteiger partial charge >= 0.3 is 0 Å². The van der Waals surface area contributed by atoms with E-state index in [-0.39, 0.29) is 0 Å². The summed E-state index contributed by atoms with van der Waals surface area (Å²) < 4.78 is 0. The van der Waals surface area contributed by atoms with E-state index in [9.17, 15) is 0 Å². The van der Waals surface area contributed by atoms with Crippen LogP contribution in [0.3, 0.4) is 0 Å². The van der Waals surface area contributed by atoms with Crippen molar-refractivity contribution >= 4 is 72.7 Å². The molecular formula is C49H33N3Si. The van der Waals surface area contributed by atoms with Gasteiger partial charge in [0.2, 0.25) is 0 Å². The number of hydrogen-bond acceptors (Lipinski definition) is 3. The molecule has 10 aromatic rings. The fourth-order valence-corrected chi connectivity index (χ4v) is 12.3. The van der Waals surface area contributed by atoms with Crippen molar-refractivity contribution in [2.75, 3.05) is 0 Å². The topological polar surface area (TPSA) is 38.7 Å². The second-order valence-corrected chi connectivity index (χ2v) is 19.1. The molecule has 11 rings (SSSR count).